The van der Waals surface area contributed by atoms with Gasteiger partial charge in [-0.2, -0.15) is 0 Å². The number of benzene rings is 2. The van der Waals surface area contributed by atoms with Crippen molar-refractivity contribution < 1.29 is 19.1 Å². The molecule has 6 heteroatoms. The largest absolute Gasteiger partial charge is 0.465 e. The van der Waals surface area contributed by atoms with Gasteiger partial charge in [0.25, 0.3) is 0 Å². The number of nitrogens with two attached hydrogens (primary N) is 1. The molecule has 2 rings (SSSR count). The summed E-state index contributed by atoms with van der Waals surface area (Å²) in [6.45, 7) is 0.0339. The second kappa shape index (κ2) is 6.95. The molecule has 0 spiro atoms. The van der Waals surface area contributed by atoms with Gasteiger partial charge in [-0.15, -0.1) is 0 Å². The molecule has 5 nitrogen and oxygen atoms in total. The van der Waals surface area contributed by atoms with Crippen LogP contribution in [0.5, 0.6) is 0 Å². The van der Waals surface area contributed by atoms with E-state index in [-0.39, 0.29) is 6.61 Å². The van der Waals surface area contributed by atoms with Crippen molar-refractivity contribution in [2.24, 2.45) is 0 Å². The van der Waals surface area contributed by atoms with E-state index in [1.807, 2.05) is 0 Å². The van der Waals surface area contributed by atoms with E-state index in [1.165, 1.54) is 25.3 Å². The molecule has 2 aromatic carbocycles. The number of carbonyl (C=O) groups is 2. The SMILES string of the molecule is COC(=O)c1cccc(COC(=O)c2ccc(Cl)c(N)c2)c1. The summed E-state index contributed by atoms with van der Waals surface area (Å²) in [7, 11) is 1.31. The van der Waals surface area contributed by atoms with Crippen LogP contribution in [0.1, 0.15) is 26.3 Å². The molecule has 0 saturated carbocycles. The summed E-state index contributed by atoms with van der Waals surface area (Å²) in [5.74, 6) is -0.967. The number of rotatable bonds is 4. The summed E-state index contributed by atoms with van der Waals surface area (Å²) >= 11 is 5.80. The summed E-state index contributed by atoms with van der Waals surface area (Å²) in [5.41, 5.74) is 7.34. The van der Waals surface area contributed by atoms with E-state index in [2.05, 4.69) is 4.74 Å². The first-order valence-corrected chi connectivity index (χ1v) is 6.78. The average Bonchev–Trinajstić information content (AvgIpc) is 2.54. The van der Waals surface area contributed by atoms with Gasteiger partial charge in [-0.05, 0) is 35.9 Å². The Balaban J connectivity index is 2.04. The van der Waals surface area contributed by atoms with Crippen molar-refractivity contribution >= 4 is 29.2 Å². The lowest BCUT2D eigenvalue weighted by Crippen LogP contribution is -2.07. The van der Waals surface area contributed by atoms with Crippen molar-refractivity contribution in [3.63, 3.8) is 0 Å². The van der Waals surface area contributed by atoms with E-state index in [4.69, 9.17) is 22.1 Å². The second-order valence-electron chi connectivity index (χ2n) is 4.50. The first-order valence-electron chi connectivity index (χ1n) is 6.40. The third kappa shape index (κ3) is 3.77. The van der Waals surface area contributed by atoms with Crippen LogP contribution in [0.15, 0.2) is 42.5 Å². The van der Waals surface area contributed by atoms with Gasteiger partial charge in [-0.25, -0.2) is 9.59 Å². The number of carbonyl (C=O) groups excluding carboxylic acids is 2. The van der Waals surface area contributed by atoms with Crippen LogP contribution < -0.4 is 5.73 Å². The predicted octanol–water partition coefficient (Wildman–Crippen LogP) is 3.07. The number of halogens is 1. The maximum absolute atomic E-state index is 11.9. The minimum Gasteiger partial charge on any atom is -0.465 e. The topological polar surface area (TPSA) is 78.6 Å². The van der Waals surface area contributed by atoms with Crippen LogP contribution in [-0.4, -0.2) is 19.0 Å². The molecule has 0 aliphatic heterocycles. The fourth-order valence-corrected chi connectivity index (χ4v) is 1.93. The Morgan fingerprint density at radius 2 is 1.82 bits per heavy atom. The maximum atomic E-state index is 11.9. The Morgan fingerprint density at radius 1 is 1.09 bits per heavy atom. The van der Waals surface area contributed by atoms with Crippen LogP contribution in [-0.2, 0) is 16.1 Å². The Morgan fingerprint density at radius 3 is 2.50 bits per heavy atom. The molecule has 114 valence electrons. The summed E-state index contributed by atoms with van der Waals surface area (Å²) in [4.78, 5) is 23.4. The number of hydrogen-bond acceptors (Lipinski definition) is 5. The number of esters is 2. The molecule has 0 bridgehead atoms. The van der Waals surface area contributed by atoms with Gasteiger partial charge in [-0.3, -0.25) is 0 Å². The molecule has 2 aromatic rings. The van der Waals surface area contributed by atoms with Crippen molar-refractivity contribution in [3.8, 4) is 0 Å². The van der Waals surface area contributed by atoms with Gasteiger partial charge in [0.15, 0.2) is 0 Å². The summed E-state index contributed by atoms with van der Waals surface area (Å²) in [5, 5.41) is 0.377. The van der Waals surface area contributed by atoms with Crippen LogP contribution >= 0.6 is 11.6 Å². The second-order valence-corrected chi connectivity index (χ2v) is 4.91. The van der Waals surface area contributed by atoms with Crippen LogP contribution in [0.25, 0.3) is 0 Å². The van der Waals surface area contributed by atoms with Gasteiger partial charge in [0.05, 0.1) is 28.9 Å². The van der Waals surface area contributed by atoms with Crippen LogP contribution in [0.4, 0.5) is 5.69 Å². The number of hydrogen-bond donors (Lipinski definition) is 1. The normalized spacial score (nSPS) is 10.1. The van der Waals surface area contributed by atoms with Gasteiger partial charge >= 0.3 is 11.9 Å². The molecule has 0 amide bonds. The maximum Gasteiger partial charge on any atom is 0.338 e. The van der Waals surface area contributed by atoms with Crippen molar-refractivity contribution in [3.05, 3.63) is 64.2 Å². The highest BCUT2D eigenvalue weighted by atomic mass is 35.5. The molecule has 2 N–H and O–H groups in total. The third-order valence-electron chi connectivity index (χ3n) is 2.95. The first-order chi connectivity index (χ1) is 10.5. The van der Waals surface area contributed by atoms with Gasteiger partial charge in [0.1, 0.15) is 6.61 Å². The molecule has 0 aliphatic carbocycles. The van der Waals surface area contributed by atoms with Gasteiger partial charge in [0.2, 0.25) is 0 Å². The lowest BCUT2D eigenvalue weighted by Gasteiger charge is -2.07. The minimum atomic E-state index is -0.521. The Kier molecular flexibility index (Phi) is 5.01. The standard InChI is InChI=1S/C16H14ClNO4/c1-21-15(19)11-4-2-3-10(7-11)9-22-16(20)12-5-6-13(17)14(18)8-12/h2-8H,9,18H2,1H3. The van der Waals surface area contributed by atoms with E-state index in [0.717, 1.165) is 0 Å². The fourth-order valence-electron chi connectivity index (χ4n) is 1.81. The Labute approximate surface area is 132 Å². The lowest BCUT2D eigenvalue weighted by molar-refractivity contribution is 0.0473. The predicted molar refractivity (Wildman–Crippen MR) is 82.8 cm³/mol. The average molecular weight is 320 g/mol. The van der Waals surface area contributed by atoms with Crippen molar-refractivity contribution in [1.82, 2.24) is 0 Å². The number of anilines is 1. The molecule has 22 heavy (non-hydrogen) atoms. The number of ether oxygens (including phenoxy) is 2. The van der Waals surface area contributed by atoms with Gasteiger partial charge in [-0.1, -0.05) is 23.7 Å². The van der Waals surface area contributed by atoms with Crippen molar-refractivity contribution in [1.29, 1.82) is 0 Å². The highest BCUT2D eigenvalue weighted by molar-refractivity contribution is 6.33. The number of nitrogen functional groups attached to an aromatic ring is 1. The molecule has 0 heterocycles. The molecule has 0 unspecified atom stereocenters. The molecule has 0 atom stereocenters. The Hall–Kier alpha value is -2.53. The first kappa shape index (κ1) is 15.9. The molecule has 0 saturated heterocycles. The highest BCUT2D eigenvalue weighted by Gasteiger charge is 2.10. The Bertz CT molecular complexity index is 715. The van der Waals surface area contributed by atoms with E-state index < -0.39 is 11.9 Å². The third-order valence-corrected chi connectivity index (χ3v) is 3.29. The zero-order valence-electron chi connectivity index (χ0n) is 11.8. The molecular weight excluding hydrogens is 306 g/mol. The lowest BCUT2D eigenvalue weighted by atomic mass is 10.1. The smallest absolute Gasteiger partial charge is 0.338 e. The van der Waals surface area contributed by atoms with Crippen LogP contribution in [0.3, 0.4) is 0 Å². The van der Waals surface area contributed by atoms with Crippen LogP contribution in [0.2, 0.25) is 5.02 Å². The zero-order valence-corrected chi connectivity index (χ0v) is 12.6. The van der Waals surface area contributed by atoms with Gasteiger partial charge in [0, 0.05) is 0 Å². The highest BCUT2D eigenvalue weighted by Crippen LogP contribution is 2.20. The quantitative estimate of drug-likeness (QED) is 0.692. The molecule has 0 radical (unpaired) electrons. The van der Waals surface area contributed by atoms with E-state index in [0.29, 0.717) is 27.4 Å². The molecule has 0 aromatic heterocycles. The van der Waals surface area contributed by atoms with E-state index >= 15 is 0 Å². The summed E-state index contributed by atoms with van der Waals surface area (Å²) in [6, 6.07) is 11.2. The van der Waals surface area contributed by atoms with Gasteiger partial charge < -0.3 is 15.2 Å². The molecule has 0 fully saturated rings. The fraction of sp³-hybridized carbons (Fsp3) is 0.125. The van der Waals surface area contributed by atoms with E-state index in [9.17, 15) is 9.59 Å². The van der Waals surface area contributed by atoms with E-state index in [1.54, 1.807) is 24.3 Å². The molecular formula is C16H14ClNO4. The monoisotopic (exact) mass is 319 g/mol. The minimum absolute atomic E-state index is 0.0339. The summed E-state index contributed by atoms with van der Waals surface area (Å²) in [6.07, 6.45) is 0. The van der Waals surface area contributed by atoms with Crippen molar-refractivity contribution in [2.45, 2.75) is 6.61 Å². The number of methoxy groups -OCH3 is 1. The summed E-state index contributed by atoms with van der Waals surface area (Å²) < 4.78 is 9.83. The van der Waals surface area contributed by atoms with Crippen molar-refractivity contribution in [2.75, 3.05) is 12.8 Å². The molecule has 0 aliphatic rings. The zero-order chi connectivity index (χ0) is 16.1. The van der Waals surface area contributed by atoms with Crippen LogP contribution in [0, 0.1) is 0 Å².